The number of nitrogen functional groups attached to an aromatic ring is 2. The summed E-state index contributed by atoms with van der Waals surface area (Å²) in [6.07, 6.45) is -0.135. The molecule has 0 spiro atoms. The van der Waals surface area contributed by atoms with Crippen LogP contribution in [0, 0.1) is 5.82 Å². The third-order valence-corrected chi connectivity index (χ3v) is 1.89. The fourth-order valence-corrected chi connectivity index (χ4v) is 1.16. The molecule has 0 aliphatic heterocycles. The lowest BCUT2D eigenvalue weighted by Gasteiger charge is -2.06. The van der Waals surface area contributed by atoms with E-state index in [1.54, 1.807) is 6.92 Å². The van der Waals surface area contributed by atoms with E-state index in [0.29, 0.717) is 0 Å². The van der Waals surface area contributed by atoms with Crippen molar-refractivity contribution in [2.75, 3.05) is 18.1 Å². The lowest BCUT2D eigenvalue weighted by Crippen LogP contribution is -2.09. The highest BCUT2D eigenvalue weighted by atomic mass is 19.1. The summed E-state index contributed by atoms with van der Waals surface area (Å²) in [6.45, 7) is 1.95. The molecule has 1 aromatic carbocycles. The molecule has 0 bridgehead atoms. The number of halogens is 1. The van der Waals surface area contributed by atoms with Gasteiger partial charge in [0.25, 0.3) is 0 Å². The highest BCUT2D eigenvalue weighted by Crippen LogP contribution is 2.20. The van der Waals surface area contributed by atoms with Crippen LogP contribution in [0.2, 0.25) is 0 Å². The first kappa shape index (κ1) is 11.3. The van der Waals surface area contributed by atoms with Gasteiger partial charge in [-0.1, -0.05) is 0 Å². The van der Waals surface area contributed by atoms with Crippen LogP contribution < -0.4 is 11.5 Å². The van der Waals surface area contributed by atoms with Crippen molar-refractivity contribution in [3.05, 3.63) is 23.5 Å². The molecule has 82 valence electrons. The van der Waals surface area contributed by atoms with E-state index in [-0.39, 0.29) is 30.0 Å². The van der Waals surface area contributed by atoms with Crippen molar-refractivity contribution < 1.29 is 13.9 Å². The first-order valence-electron chi connectivity index (χ1n) is 4.53. The van der Waals surface area contributed by atoms with E-state index < -0.39 is 11.8 Å². The summed E-state index contributed by atoms with van der Waals surface area (Å²) in [4.78, 5) is 11.1. The zero-order chi connectivity index (χ0) is 11.4. The van der Waals surface area contributed by atoms with Gasteiger partial charge in [0, 0.05) is 5.56 Å². The van der Waals surface area contributed by atoms with Crippen LogP contribution >= 0.6 is 0 Å². The minimum absolute atomic E-state index is 0.135. The standard InChI is InChI=1S/C10H13FN2O2/c1-2-15-10(14)4-6-3-8(12)9(13)5-7(6)11/h3,5H,2,4,12-13H2,1H3. The van der Waals surface area contributed by atoms with Gasteiger partial charge in [0.2, 0.25) is 0 Å². The maximum atomic E-state index is 13.3. The van der Waals surface area contributed by atoms with Crippen LogP contribution in [0.5, 0.6) is 0 Å². The molecule has 5 heteroatoms. The molecule has 15 heavy (non-hydrogen) atoms. The van der Waals surface area contributed by atoms with Crippen molar-refractivity contribution >= 4 is 17.3 Å². The monoisotopic (exact) mass is 212 g/mol. The Morgan fingerprint density at radius 3 is 2.60 bits per heavy atom. The fraction of sp³-hybridized carbons (Fsp3) is 0.300. The second-order valence-corrected chi connectivity index (χ2v) is 3.05. The normalized spacial score (nSPS) is 10.0. The van der Waals surface area contributed by atoms with Gasteiger partial charge in [-0.2, -0.15) is 0 Å². The minimum atomic E-state index is -0.547. The smallest absolute Gasteiger partial charge is 0.310 e. The van der Waals surface area contributed by atoms with Crippen molar-refractivity contribution in [2.45, 2.75) is 13.3 Å². The lowest BCUT2D eigenvalue weighted by atomic mass is 10.1. The Balaban J connectivity index is 2.86. The van der Waals surface area contributed by atoms with Crippen molar-refractivity contribution in [3.8, 4) is 0 Å². The summed E-state index contributed by atoms with van der Waals surface area (Å²) in [5.41, 5.74) is 11.5. The molecular weight excluding hydrogens is 199 g/mol. The second kappa shape index (κ2) is 4.63. The van der Waals surface area contributed by atoms with Crippen molar-refractivity contribution in [1.82, 2.24) is 0 Å². The van der Waals surface area contributed by atoms with E-state index in [9.17, 15) is 9.18 Å². The number of anilines is 2. The maximum Gasteiger partial charge on any atom is 0.310 e. The Morgan fingerprint density at radius 1 is 1.40 bits per heavy atom. The number of benzene rings is 1. The van der Waals surface area contributed by atoms with E-state index >= 15 is 0 Å². The number of hydrogen-bond acceptors (Lipinski definition) is 4. The molecule has 0 aliphatic carbocycles. The summed E-state index contributed by atoms with van der Waals surface area (Å²) in [7, 11) is 0. The number of nitrogens with two attached hydrogens (primary N) is 2. The first-order valence-corrected chi connectivity index (χ1v) is 4.53. The number of esters is 1. The molecular formula is C10H13FN2O2. The topological polar surface area (TPSA) is 78.3 Å². The Hall–Kier alpha value is -1.78. The molecule has 1 rings (SSSR count). The Bertz CT molecular complexity index is 380. The van der Waals surface area contributed by atoms with Crippen LogP contribution in [0.15, 0.2) is 12.1 Å². The highest BCUT2D eigenvalue weighted by Gasteiger charge is 2.10. The predicted octanol–water partition coefficient (Wildman–Crippen LogP) is 1.10. The van der Waals surface area contributed by atoms with Crippen molar-refractivity contribution in [3.63, 3.8) is 0 Å². The molecule has 0 unspecified atom stereocenters. The zero-order valence-corrected chi connectivity index (χ0v) is 8.42. The molecule has 0 amide bonds. The molecule has 4 nitrogen and oxygen atoms in total. The molecule has 4 N–H and O–H groups in total. The molecule has 0 aromatic heterocycles. The van der Waals surface area contributed by atoms with Gasteiger partial charge < -0.3 is 16.2 Å². The summed E-state index contributed by atoms with van der Waals surface area (Å²) in [5.74, 6) is -1.03. The number of rotatable bonds is 3. The molecule has 0 radical (unpaired) electrons. The van der Waals surface area contributed by atoms with Crippen LogP contribution in [0.4, 0.5) is 15.8 Å². The van der Waals surface area contributed by atoms with Crippen molar-refractivity contribution in [1.29, 1.82) is 0 Å². The average molecular weight is 212 g/mol. The summed E-state index contributed by atoms with van der Waals surface area (Å²) < 4.78 is 18.0. The Morgan fingerprint density at radius 2 is 2.00 bits per heavy atom. The van der Waals surface area contributed by atoms with Crippen molar-refractivity contribution in [2.24, 2.45) is 0 Å². The van der Waals surface area contributed by atoms with E-state index in [4.69, 9.17) is 16.2 Å². The summed E-state index contributed by atoms with van der Waals surface area (Å²) in [5, 5.41) is 0. The van der Waals surface area contributed by atoms with Crippen LogP contribution in [-0.2, 0) is 16.0 Å². The van der Waals surface area contributed by atoms with E-state index in [0.717, 1.165) is 6.07 Å². The molecule has 0 saturated heterocycles. The van der Waals surface area contributed by atoms with E-state index in [2.05, 4.69) is 0 Å². The largest absolute Gasteiger partial charge is 0.466 e. The third kappa shape index (κ3) is 2.83. The van der Waals surface area contributed by atoms with Gasteiger partial charge in [0.1, 0.15) is 5.82 Å². The fourth-order valence-electron chi connectivity index (χ4n) is 1.16. The first-order chi connectivity index (χ1) is 7.04. The maximum absolute atomic E-state index is 13.3. The molecule has 0 atom stereocenters. The molecule has 0 aliphatic rings. The zero-order valence-electron chi connectivity index (χ0n) is 8.42. The number of hydrogen-bond donors (Lipinski definition) is 2. The average Bonchev–Trinajstić information content (AvgIpc) is 2.14. The van der Waals surface area contributed by atoms with Gasteiger partial charge in [0.05, 0.1) is 24.4 Å². The highest BCUT2D eigenvalue weighted by molar-refractivity contribution is 5.74. The quantitative estimate of drug-likeness (QED) is 0.580. The number of ether oxygens (including phenoxy) is 1. The Labute approximate surface area is 87.0 Å². The molecule has 0 saturated carbocycles. The van der Waals surface area contributed by atoms with Crippen LogP contribution in [0.3, 0.4) is 0 Å². The molecule has 1 aromatic rings. The summed E-state index contributed by atoms with van der Waals surface area (Å²) in [6, 6.07) is 2.45. The van der Waals surface area contributed by atoms with Gasteiger partial charge in [-0.15, -0.1) is 0 Å². The Kier molecular flexibility index (Phi) is 3.49. The summed E-state index contributed by atoms with van der Waals surface area (Å²) >= 11 is 0. The van der Waals surface area contributed by atoms with E-state index in [1.165, 1.54) is 6.07 Å². The van der Waals surface area contributed by atoms with Crippen LogP contribution in [0.1, 0.15) is 12.5 Å². The SMILES string of the molecule is CCOC(=O)Cc1cc(N)c(N)cc1F. The van der Waals surface area contributed by atoms with Gasteiger partial charge in [-0.25, -0.2) is 4.39 Å². The lowest BCUT2D eigenvalue weighted by molar-refractivity contribution is -0.142. The number of carbonyl (C=O) groups excluding carboxylic acids is 1. The number of carbonyl (C=O) groups is 1. The van der Waals surface area contributed by atoms with Gasteiger partial charge in [-0.3, -0.25) is 4.79 Å². The molecule has 0 heterocycles. The van der Waals surface area contributed by atoms with Crippen LogP contribution in [0.25, 0.3) is 0 Å². The third-order valence-electron chi connectivity index (χ3n) is 1.89. The van der Waals surface area contributed by atoms with Gasteiger partial charge >= 0.3 is 5.97 Å². The predicted molar refractivity (Wildman–Crippen MR) is 55.6 cm³/mol. The van der Waals surface area contributed by atoms with Gasteiger partial charge in [0.15, 0.2) is 0 Å². The van der Waals surface area contributed by atoms with Gasteiger partial charge in [-0.05, 0) is 19.1 Å². The second-order valence-electron chi connectivity index (χ2n) is 3.05. The van der Waals surface area contributed by atoms with Crippen LogP contribution in [-0.4, -0.2) is 12.6 Å². The molecule has 0 fully saturated rings. The minimum Gasteiger partial charge on any atom is -0.466 e. The van der Waals surface area contributed by atoms with E-state index in [1.807, 2.05) is 0 Å².